The Bertz CT molecular complexity index is 743. The van der Waals surface area contributed by atoms with Crippen LogP contribution in [0.1, 0.15) is 17.7 Å². The van der Waals surface area contributed by atoms with Gasteiger partial charge in [0.1, 0.15) is 0 Å². The summed E-state index contributed by atoms with van der Waals surface area (Å²) in [5.74, 6) is -0.897. The minimum absolute atomic E-state index is 0.409. The molecule has 0 saturated carbocycles. The average Bonchev–Trinajstić information content (AvgIpc) is 3.16. The molecular formula is C19H22ClN3O2S. The standard InChI is InChI=1S/C19H22ClN3O2S/c20-16-5-1-2-6-17(16)22-19(25)18(24)21-12-14-7-9-23(10-8-14)13-15-4-3-11-26-15/h1-6,11,14H,7-10,12-13H2,(H,21,24)(H,22,25). The summed E-state index contributed by atoms with van der Waals surface area (Å²) in [7, 11) is 0. The maximum Gasteiger partial charge on any atom is 0.313 e. The zero-order valence-corrected chi connectivity index (χ0v) is 16.0. The molecule has 2 aromatic rings. The lowest BCUT2D eigenvalue weighted by Gasteiger charge is -2.31. The van der Waals surface area contributed by atoms with E-state index < -0.39 is 11.8 Å². The summed E-state index contributed by atoms with van der Waals surface area (Å²) < 4.78 is 0. The number of hydrogen-bond acceptors (Lipinski definition) is 4. The third kappa shape index (κ3) is 5.30. The van der Waals surface area contributed by atoms with Gasteiger partial charge in [-0.05, 0) is 55.4 Å². The van der Waals surface area contributed by atoms with Crippen LogP contribution in [0.3, 0.4) is 0 Å². The van der Waals surface area contributed by atoms with Crippen LogP contribution in [-0.2, 0) is 16.1 Å². The Morgan fingerprint density at radius 2 is 1.88 bits per heavy atom. The number of halogens is 1. The topological polar surface area (TPSA) is 61.4 Å². The van der Waals surface area contributed by atoms with Crippen LogP contribution in [0.4, 0.5) is 5.69 Å². The van der Waals surface area contributed by atoms with Crippen molar-refractivity contribution in [3.63, 3.8) is 0 Å². The molecule has 26 heavy (non-hydrogen) atoms. The minimum Gasteiger partial charge on any atom is -0.348 e. The van der Waals surface area contributed by atoms with Gasteiger partial charge in [-0.15, -0.1) is 11.3 Å². The third-order valence-corrected chi connectivity index (χ3v) is 5.74. The molecule has 5 nitrogen and oxygen atoms in total. The van der Waals surface area contributed by atoms with E-state index >= 15 is 0 Å². The Kier molecular flexibility index (Phi) is 6.66. The molecule has 1 aromatic heterocycles. The summed E-state index contributed by atoms with van der Waals surface area (Å²) in [4.78, 5) is 27.8. The summed E-state index contributed by atoms with van der Waals surface area (Å²) in [5.41, 5.74) is 0.441. The smallest absolute Gasteiger partial charge is 0.313 e. The largest absolute Gasteiger partial charge is 0.348 e. The second kappa shape index (κ2) is 9.16. The van der Waals surface area contributed by atoms with Crippen molar-refractivity contribution in [2.24, 2.45) is 5.92 Å². The molecule has 7 heteroatoms. The number of para-hydroxylation sites is 1. The van der Waals surface area contributed by atoms with E-state index in [1.54, 1.807) is 35.6 Å². The average molecular weight is 392 g/mol. The highest BCUT2D eigenvalue weighted by atomic mass is 35.5. The second-order valence-electron chi connectivity index (χ2n) is 6.44. The van der Waals surface area contributed by atoms with Crippen LogP contribution in [0, 0.1) is 5.92 Å². The first-order valence-corrected chi connectivity index (χ1v) is 9.96. The molecule has 0 atom stereocenters. The molecule has 1 aliphatic heterocycles. The summed E-state index contributed by atoms with van der Waals surface area (Å²) in [5, 5.41) is 7.79. The van der Waals surface area contributed by atoms with Crippen molar-refractivity contribution >= 4 is 40.4 Å². The van der Waals surface area contributed by atoms with E-state index in [0.29, 0.717) is 23.2 Å². The van der Waals surface area contributed by atoms with Crippen LogP contribution in [0.15, 0.2) is 41.8 Å². The van der Waals surface area contributed by atoms with Gasteiger partial charge in [-0.25, -0.2) is 0 Å². The molecule has 3 rings (SSSR count). The number of carbonyl (C=O) groups excluding carboxylic acids is 2. The van der Waals surface area contributed by atoms with Gasteiger partial charge in [0, 0.05) is 18.0 Å². The molecule has 0 spiro atoms. The van der Waals surface area contributed by atoms with Crippen LogP contribution in [-0.4, -0.2) is 36.3 Å². The summed E-state index contributed by atoms with van der Waals surface area (Å²) in [6.07, 6.45) is 2.05. The molecule has 1 saturated heterocycles. The predicted molar refractivity (Wildman–Crippen MR) is 105 cm³/mol. The van der Waals surface area contributed by atoms with Gasteiger partial charge in [-0.1, -0.05) is 29.8 Å². The van der Waals surface area contributed by atoms with E-state index in [0.717, 1.165) is 32.5 Å². The highest BCUT2D eigenvalue weighted by Crippen LogP contribution is 2.21. The normalized spacial score (nSPS) is 15.6. The summed E-state index contributed by atoms with van der Waals surface area (Å²) >= 11 is 7.77. The molecular weight excluding hydrogens is 370 g/mol. The number of nitrogens with zero attached hydrogens (tertiary/aromatic N) is 1. The first-order chi connectivity index (χ1) is 12.6. The van der Waals surface area contributed by atoms with Crippen molar-refractivity contribution in [3.8, 4) is 0 Å². The molecule has 0 unspecified atom stereocenters. The van der Waals surface area contributed by atoms with Crippen LogP contribution in [0.25, 0.3) is 0 Å². The molecule has 2 heterocycles. The molecule has 0 bridgehead atoms. The first-order valence-electron chi connectivity index (χ1n) is 8.70. The van der Waals surface area contributed by atoms with E-state index in [1.807, 2.05) is 0 Å². The Balaban J connectivity index is 1.38. The van der Waals surface area contributed by atoms with E-state index in [1.165, 1.54) is 4.88 Å². The quantitative estimate of drug-likeness (QED) is 0.768. The lowest BCUT2D eigenvalue weighted by molar-refractivity contribution is -0.136. The molecule has 0 aliphatic carbocycles. The molecule has 2 N–H and O–H groups in total. The monoisotopic (exact) mass is 391 g/mol. The van der Waals surface area contributed by atoms with Crippen LogP contribution in [0.2, 0.25) is 5.02 Å². The first kappa shape index (κ1) is 18.9. The van der Waals surface area contributed by atoms with E-state index in [2.05, 4.69) is 33.0 Å². The summed E-state index contributed by atoms with van der Waals surface area (Å²) in [6.45, 7) is 3.56. The number of nitrogens with one attached hydrogen (secondary N) is 2. The van der Waals surface area contributed by atoms with Gasteiger partial charge in [0.2, 0.25) is 0 Å². The van der Waals surface area contributed by atoms with Gasteiger partial charge in [0.15, 0.2) is 0 Å². The number of rotatable bonds is 5. The number of carbonyl (C=O) groups is 2. The van der Waals surface area contributed by atoms with Crippen molar-refractivity contribution in [2.75, 3.05) is 25.0 Å². The van der Waals surface area contributed by atoms with Gasteiger partial charge in [0.25, 0.3) is 0 Å². The molecule has 1 aliphatic rings. The van der Waals surface area contributed by atoms with Crippen molar-refractivity contribution in [1.29, 1.82) is 0 Å². The molecule has 0 radical (unpaired) electrons. The second-order valence-corrected chi connectivity index (χ2v) is 7.88. The number of anilines is 1. The molecule has 138 valence electrons. The fraction of sp³-hybridized carbons (Fsp3) is 0.368. The molecule has 1 fully saturated rings. The SMILES string of the molecule is O=C(NCC1CCN(Cc2cccs2)CC1)C(=O)Nc1ccccc1Cl. The van der Waals surface area contributed by atoms with Crippen LogP contribution in [0.5, 0.6) is 0 Å². The van der Waals surface area contributed by atoms with Crippen molar-refractivity contribution in [1.82, 2.24) is 10.2 Å². The lowest BCUT2D eigenvalue weighted by Crippen LogP contribution is -2.41. The van der Waals surface area contributed by atoms with E-state index in [-0.39, 0.29) is 0 Å². The highest BCUT2D eigenvalue weighted by Gasteiger charge is 2.21. The van der Waals surface area contributed by atoms with Gasteiger partial charge in [0.05, 0.1) is 10.7 Å². The Morgan fingerprint density at radius 1 is 1.12 bits per heavy atom. The number of benzene rings is 1. The summed E-state index contributed by atoms with van der Waals surface area (Å²) in [6, 6.07) is 11.1. The lowest BCUT2D eigenvalue weighted by atomic mass is 9.97. The zero-order chi connectivity index (χ0) is 18.4. The minimum atomic E-state index is -0.687. The predicted octanol–water partition coefficient (Wildman–Crippen LogP) is 3.37. The maximum atomic E-state index is 12.0. The Hall–Kier alpha value is -1.89. The van der Waals surface area contributed by atoms with Gasteiger partial charge in [-0.2, -0.15) is 0 Å². The fourth-order valence-corrected chi connectivity index (χ4v) is 3.96. The van der Waals surface area contributed by atoms with Crippen molar-refractivity contribution < 1.29 is 9.59 Å². The van der Waals surface area contributed by atoms with E-state index in [9.17, 15) is 9.59 Å². The van der Waals surface area contributed by atoms with Crippen molar-refractivity contribution in [3.05, 3.63) is 51.7 Å². The Labute approximate surface area is 162 Å². The number of amides is 2. The maximum absolute atomic E-state index is 12.0. The zero-order valence-electron chi connectivity index (χ0n) is 14.4. The number of likely N-dealkylation sites (tertiary alicyclic amines) is 1. The van der Waals surface area contributed by atoms with Crippen LogP contribution >= 0.6 is 22.9 Å². The fourth-order valence-electron chi connectivity index (χ4n) is 3.03. The molecule has 1 aromatic carbocycles. The van der Waals surface area contributed by atoms with Crippen LogP contribution < -0.4 is 10.6 Å². The molecule has 2 amide bonds. The van der Waals surface area contributed by atoms with Gasteiger partial charge < -0.3 is 10.6 Å². The van der Waals surface area contributed by atoms with Gasteiger partial charge in [-0.3, -0.25) is 14.5 Å². The number of hydrogen-bond donors (Lipinski definition) is 2. The van der Waals surface area contributed by atoms with Gasteiger partial charge >= 0.3 is 11.8 Å². The number of piperidine rings is 1. The number of thiophene rings is 1. The Morgan fingerprint density at radius 3 is 2.58 bits per heavy atom. The highest BCUT2D eigenvalue weighted by molar-refractivity contribution is 7.09. The van der Waals surface area contributed by atoms with Crippen molar-refractivity contribution in [2.45, 2.75) is 19.4 Å². The third-order valence-electron chi connectivity index (χ3n) is 4.55. The van der Waals surface area contributed by atoms with E-state index in [4.69, 9.17) is 11.6 Å².